The van der Waals surface area contributed by atoms with Gasteiger partial charge in [0.05, 0.1) is 19.8 Å². The highest BCUT2D eigenvalue weighted by atomic mass is 127. The summed E-state index contributed by atoms with van der Waals surface area (Å²) in [5.74, 6) is 2.16. The van der Waals surface area contributed by atoms with Gasteiger partial charge in [-0.3, -0.25) is 4.99 Å². The third-order valence-corrected chi connectivity index (χ3v) is 5.44. The molecule has 1 aromatic carbocycles. The number of hydrogen-bond acceptors (Lipinski definition) is 4. The Hall–Kier alpha value is -0.510. The average molecular weight is 493 g/mol. The van der Waals surface area contributed by atoms with Crippen molar-refractivity contribution < 1.29 is 9.47 Å². The predicted molar refractivity (Wildman–Crippen MR) is 122 cm³/mol. The zero-order valence-corrected chi connectivity index (χ0v) is 19.0. The van der Waals surface area contributed by atoms with Crippen LogP contribution in [-0.2, 0) is 22.6 Å². The number of rotatable bonds is 10. The van der Waals surface area contributed by atoms with Crippen LogP contribution >= 0.6 is 35.7 Å². The average Bonchev–Trinajstić information content (AvgIpc) is 3.16. The number of ether oxygens (including phenoxy) is 2. The minimum absolute atomic E-state index is 0. The van der Waals surface area contributed by atoms with Crippen LogP contribution < -0.4 is 10.6 Å². The molecular formula is C19H32IN3O2S. The lowest BCUT2D eigenvalue weighted by Gasteiger charge is -2.15. The molecule has 0 bridgehead atoms. The van der Waals surface area contributed by atoms with Gasteiger partial charge in [-0.25, -0.2) is 0 Å². The zero-order chi connectivity index (χ0) is 17.7. The van der Waals surface area contributed by atoms with Gasteiger partial charge in [0, 0.05) is 32.0 Å². The highest BCUT2D eigenvalue weighted by Crippen LogP contribution is 2.25. The van der Waals surface area contributed by atoms with Gasteiger partial charge in [-0.2, -0.15) is 11.8 Å². The van der Waals surface area contributed by atoms with Crippen molar-refractivity contribution in [1.29, 1.82) is 0 Å². The third-order valence-electron chi connectivity index (χ3n) is 4.04. The Bertz CT molecular complexity index is 525. The first kappa shape index (κ1) is 23.5. The van der Waals surface area contributed by atoms with Crippen molar-refractivity contribution in [3.8, 4) is 0 Å². The van der Waals surface area contributed by atoms with Gasteiger partial charge < -0.3 is 20.1 Å². The molecule has 1 aliphatic rings. The smallest absolute Gasteiger partial charge is 0.191 e. The molecule has 1 atom stereocenters. The number of benzene rings is 1. The monoisotopic (exact) mass is 493 g/mol. The van der Waals surface area contributed by atoms with Crippen molar-refractivity contribution in [2.24, 2.45) is 4.99 Å². The molecule has 0 aliphatic carbocycles. The minimum Gasteiger partial charge on any atom is -0.379 e. The van der Waals surface area contributed by atoms with Crippen LogP contribution in [-0.4, -0.2) is 50.4 Å². The molecule has 7 heteroatoms. The number of aliphatic imine (C=N–C) groups is 1. The second kappa shape index (κ2) is 14.5. The second-order valence-corrected chi connectivity index (χ2v) is 7.42. The SMILES string of the molecule is CCOCCOCc1cccc(CNC(=NC)NCC2CCCS2)c1.I. The van der Waals surface area contributed by atoms with Crippen molar-refractivity contribution >= 4 is 41.7 Å². The molecule has 1 saturated heterocycles. The zero-order valence-electron chi connectivity index (χ0n) is 15.8. The molecule has 26 heavy (non-hydrogen) atoms. The van der Waals surface area contributed by atoms with Crippen molar-refractivity contribution in [2.45, 2.75) is 38.2 Å². The van der Waals surface area contributed by atoms with Crippen LogP contribution in [0.15, 0.2) is 29.3 Å². The summed E-state index contributed by atoms with van der Waals surface area (Å²) in [7, 11) is 1.82. The van der Waals surface area contributed by atoms with E-state index in [-0.39, 0.29) is 24.0 Å². The number of halogens is 1. The van der Waals surface area contributed by atoms with Gasteiger partial charge >= 0.3 is 0 Å². The molecule has 1 heterocycles. The summed E-state index contributed by atoms with van der Waals surface area (Å²) in [6, 6.07) is 8.46. The van der Waals surface area contributed by atoms with Crippen LogP contribution in [0.3, 0.4) is 0 Å². The summed E-state index contributed by atoms with van der Waals surface area (Å²) in [5, 5.41) is 7.54. The molecule has 5 nitrogen and oxygen atoms in total. The highest BCUT2D eigenvalue weighted by molar-refractivity contribution is 14.0. The Morgan fingerprint density at radius 2 is 2.04 bits per heavy atom. The quantitative estimate of drug-likeness (QED) is 0.227. The summed E-state index contributed by atoms with van der Waals surface area (Å²) in [6.07, 6.45) is 2.64. The van der Waals surface area contributed by atoms with Gasteiger partial charge in [0.15, 0.2) is 5.96 Å². The third kappa shape index (κ3) is 9.43. The van der Waals surface area contributed by atoms with E-state index in [9.17, 15) is 0 Å². The largest absolute Gasteiger partial charge is 0.379 e. The molecule has 1 aliphatic heterocycles. The van der Waals surface area contributed by atoms with E-state index in [1.54, 1.807) is 0 Å². The van der Waals surface area contributed by atoms with Crippen LogP contribution in [0, 0.1) is 0 Å². The van der Waals surface area contributed by atoms with Gasteiger partial charge in [-0.05, 0) is 36.6 Å². The molecule has 0 saturated carbocycles. The summed E-state index contributed by atoms with van der Waals surface area (Å²) in [5.41, 5.74) is 2.41. The van der Waals surface area contributed by atoms with E-state index >= 15 is 0 Å². The van der Waals surface area contributed by atoms with Crippen LogP contribution in [0.4, 0.5) is 0 Å². The van der Waals surface area contributed by atoms with E-state index < -0.39 is 0 Å². The maximum atomic E-state index is 5.64. The molecule has 2 N–H and O–H groups in total. The van der Waals surface area contributed by atoms with Gasteiger partial charge in [-0.15, -0.1) is 24.0 Å². The van der Waals surface area contributed by atoms with E-state index in [1.807, 2.05) is 14.0 Å². The first-order chi connectivity index (χ1) is 12.3. The summed E-state index contributed by atoms with van der Waals surface area (Å²) < 4.78 is 10.9. The van der Waals surface area contributed by atoms with Gasteiger partial charge in [0.1, 0.15) is 0 Å². The number of thioether (sulfide) groups is 1. The fraction of sp³-hybridized carbons (Fsp3) is 0.632. The van der Waals surface area contributed by atoms with Crippen molar-refractivity contribution in [3.05, 3.63) is 35.4 Å². The fourth-order valence-electron chi connectivity index (χ4n) is 2.70. The Labute approximate surface area is 179 Å². The molecule has 0 spiro atoms. The second-order valence-electron chi connectivity index (χ2n) is 6.01. The van der Waals surface area contributed by atoms with Crippen molar-refractivity contribution in [1.82, 2.24) is 10.6 Å². The van der Waals surface area contributed by atoms with E-state index in [0.29, 0.717) is 19.8 Å². The van der Waals surface area contributed by atoms with E-state index in [2.05, 4.69) is 51.7 Å². The van der Waals surface area contributed by atoms with Gasteiger partial charge in [0.25, 0.3) is 0 Å². The number of nitrogens with zero attached hydrogens (tertiary/aromatic N) is 1. The Balaban J connectivity index is 0.00000338. The first-order valence-electron chi connectivity index (χ1n) is 9.11. The lowest BCUT2D eigenvalue weighted by molar-refractivity contribution is 0.0453. The number of guanidine groups is 1. The molecule has 1 fully saturated rings. The number of hydrogen-bond donors (Lipinski definition) is 2. The Kier molecular flexibility index (Phi) is 13.2. The topological polar surface area (TPSA) is 54.9 Å². The van der Waals surface area contributed by atoms with E-state index in [4.69, 9.17) is 9.47 Å². The Morgan fingerprint density at radius 1 is 1.23 bits per heavy atom. The molecule has 1 unspecified atom stereocenters. The van der Waals surface area contributed by atoms with Crippen molar-refractivity contribution in [3.63, 3.8) is 0 Å². The molecule has 0 amide bonds. The maximum absolute atomic E-state index is 5.64. The standard InChI is InChI=1S/C19H31N3O2S.HI/c1-3-23-9-10-24-15-17-7-4-6-16(12-17)13-21-19(20-2)22-14-18-8-5-11-25-18;/h4,6-7,12,18H,3,5,8-11,13-15H2,1-2H3,(H2,20,21,22);1H. The molecule has 0 aromatic heterocycles. The highest BCUT2D eigenvalue weighted by Gasteiger charge is 2.15. The van der Waals surface area contributed by atoms with Gasteiger partial charge in [-0.1, -0.05) is 24.3 Å². The Morgan fingerprint density at radius 3 is 2.77 bits per heavy atom. The molecule has 1 aromatic rings. The van der Waals surface area contributed by atoms with Crippen LogP contribution in [0.1, 0.15) is 30.9 Å². The van der Waals surface area contributed by atoms with Gasteiger partial charge in [0.2, 0.25) is 0 Å². The maximum Gasteiger partial charge on any atom is 0.191 e. The normalized spacial score (nSPS) is 17.0. The summed E-state index contributed by atoms with van der Waals surface area (Å²) in [4.78, 5) is 4.31. The lowest BCUT2D eigenvalue weighted by atomic mass is 10.1. The van der Waals surface area contributed by atoms with E-state index in [0.717, 1.165) is 30.9 Å². The number of nitrogens with one attached hydrogen (secondary N) is 2. The fourth-order valence-corrected chi connectivity index (χ4v) is 3.91. The first-order valence-corrected chi connectivity index (χ1v) is 10.2. The molecule has 0 radical (unpaired) electrons. The summed E-state index contributed by atoms with van der Waals surface area (Å²) in [6.45, 7) is 6.37. The minimum atomic E-state index is 0. The lowest BCUT2D eigenvalue weighted by Crippen LogP contribution is -2.39. The molecular weight excluding hydrogens is 461 g/mol. The van der Waals surface area contributed by atoms with Crippen molar-refractivity contribution in [2.75, 3.05) is 39.2 Å². The van der Waals surface area contributed by atoms with Crippen LogP contribution in [0.5, 0.6) is 0 Å². The van der Waals surface area contributed by atoms with Crippen LogP contribution in [0.2, 0.25) is 0 Å². The van der Waals surface area contributed by atoms with Crippen LogP contribution in [0.25, 0.3) is 0 Å². The predicted octanol–water partition coefficient (Wildman–Crippen LogP) is 3.42. The molecule has 148 valence electrons. The summed E-state index contributed by atoms with van der Waals surface area (Å²) >= 11 is 2.06. The molecule has 2 rings (SSSR count). The van der Waals surface area contributed by atoms with E-state index in [1.165, 1.54) is 29.7 Å².